The molecular formula is C9H8ClN5O4S. The van der Waals surface area contributed by atoms with Gasteiger partial charge in [0.25, 0.3) is 20.9 Å². The molecule has 0 spiro atoms. The summed E-state index contributed by atoms with van der Waals surface area (Å²) in [5, 5.41) is 22.6. The SMILES string of the molecule is Cn1c(-c2c(Cl)cccc2[N+](=O)[O-])nnc1S(N)(=O)=O. The summed E-state index contributed by atoms with van der Waals surface area (Å²) in [5.74, 6) is -0.0636. The van der Waals surface area contributed by atoms with E-state index in [0.29, 0.717) is 0 Å². The summed E-state index contributed by atoms with van der Waals surface area (Å²) in [4.78, 5) is 10.4. The van der Waals surface area contributed by atoms with Crippen molar-refractivity contribution in [2.75, 3.05) is 0 Å². The van der Waals surface area contributed by atoms with Gasteiger partial charge in [-0.05, 0) is 6.07 Å². The van der Waals surface area contributed by atoms with Crippen LogP contribution in [0.15, 0.2) is 23.4 Å². The summed E-state index contributed by atoms with van der Waals surface area (Å²) in [6, 6.07) is 4.06. The van der Waals surface area contributed by atoms with Gasteiger partial charge in [-0.3, -0.25) is 14.7 Å². The number of primary sulfonamides is 1. The maximum Gasteiger partial charge on any atom is 0.281 e. The molecule has 0 aliphatic rings. The van der Waals surface area contributed by atoms with Crippen molar-refractivity contribution in [2.45, 2.75) is 5.16 Å². The monoisotopic (exact) mass is 317 g/mol. The van der Waals surface area contributed by atoms with E-state index in [1.807, 2.05) is 0 Å². The van der Waals surface area contributed by atoms with Crippen LogP contribution >= 0.6 is 11.6 Å². The normalized spacial score (nSPS) is 11.6. The number of halogens is 1. The Labute approximate surface area is 118 Å². The van der Waals surface area contributed by atoms with E-state index in [-0.39, 0.29) is 22.1 Å². The van der Waals surface area contributed by atoms with Crippen molar-refractivity contribution in [1.82, 2.24) is 14.8 Å². The molecule has 11 heteroatoms. The summed E-state index contributed by atoms with van der Waals surface area (Å²) in [7, 11) is -2.77. The fourth-order valence-electron chi connectivity index (χ4n) is 1.67. The second kappa shape index (κ2) is 4.81. The van der Waals surface area contributed by atoms with Gasteiger partial charge in [0.05, 0.1) is 9.95 Å². The predicted octanol–water partition coefficient (Wildman–Crippen LogP) is 0.691. The Morgan fingerprint density at radius 2 is 2.05 bits per heavy atom. The average Bonchev–Trinajstić information content (AvgIpc) is 2.70. The van der Waals surface area contributed by atoms with Crippen LogP contribution in [0.3, 0.4) is 0 Å². The van der Waals surface area contributed by atoms with Gasteiger partial charge in [-0.25, -0.2) is 13.6 Å². The molecule has 2 rings (SSSR count). The molecule has 0 atom stereocenters. The Balaban J connectivity index is 2.77. The number of rotatable bonds is 3. The van der Waals surface area contributed by atoms with E-state index in [1.165, 1.54) is 25.2 Å². The number of benzene rings is 1. The number of aromatic nitrogens is 3. The van der Waals surface area contributed by atoms with Crippen LogP contribution in [0.5, 0.6) is 0 Å². The molecule has 106 valence electrons. The third kappa shape index (κ3) is 2.35. The van der Waals surface area contributed by atoms with Gasteiger partial charge >= 0.3 is 0 Å². The van der Waals surface area contributed by atoms with Crippen LogP contribution in [0.4, 0.5) is 5.69 Å². The van der Waals surface area contributed by atoms with Crippen molar-refractivity contribution in [3.63, 3.8) is 0 Å². The lowest BCUT2D eigenvalue weighted by molar-refractivity contribution is -0.384. The molecule has 0 bridgehead atoms. The third-order valence-corrected chi connectivity index (χ3v) is 3.68. The summed E-state index contributed by atoms with van der Waals surface area (Å²) in [5.41, 5.74) is -0.335. The quantitative estimate of drug-likeness (QED) is 0.653. The zero-order chi connectivity index (χ0) is 15.1. The van der Waals surface area contributed by atoms with Gasteiger partial charge in [0, 0.05) is 13.1 Å². The van der Waals surface area contributed by atoms with Crippen LogP contribution in [0.25, 0.3) is 11.4 Å². The van der Waals surface area contributed by atoms with Gasteiger partial charge in [-0.15, -0.1) is 10.2 Å². The molecule has 20 heavy (non-hydrogen) atoms. The van der Waals surface area contributed by atoms with Crippen molar-refractivity contribution in [3.8, 4) is 11.4 Å². The van der Waals surface area contributed by atoms with Crippen LogP contribution in [-0.4, -0.2) is 28.1 Å². The highest BCUT2D eigenvalue weighted by molar-refractivity contribution is 7.89. The lowest BCUT2D eigenvalue weighted by Crippen LogP contribution is -2.17. The first-order valence-corrected chi connectivity index (χ1v) is 7.01. The molecule has 0 radical (unpaired) electrons. The van der Waals surface area contributed by atoms with E-state index in [2.05, 4.69) is 10.2 Å². The minimum atomic E-state index is -4.09. The highest BCUT2D eigenvalue weighted by atomic mass is 35.5. The highest BCUT2D eigenvalue weighted by Gasteiger charge is 2.26. The van der Waals surface area contributed by atoms with Crippen molar-refractivity contribution < 1.29 is 13.3 Å². The third-order valence-electron chi connectivity index (χ3n) is 2.50. The first kappa shape index (κ1) is 14.4. The topological polar surface area (TPSA) is 134 Å². The van der Waals surface area contributed by atoms with Crippen molar-refractivity contribution in [2.24, 2.45) is 12.2 Å². The molecule has 1 heterocycles. The Morgan fingerprint density at radius 3 is 2.55 bits per heavy atom. The molecule has 0 saturated heterocycles. The predicted molar refractivity (Wildman–Crippen MR) is 69.5 cm³/mol. The van der Waals surface area contributed by atoms with Gasteiger partial charge in [0.1, 0.15) is 5.56 Å². The molecule has 0 aliphatic heterocycles. The maximum absolute atomic E-state index is 11.3. The number of nitro benzene ring substituents is 1. The molecule has 1 aromatic carbocycles. The van der Waals surface area contributed by atoms with Gasteiger partial charge in [-0.1, -0.05) is 17.7 Å². The van der Waals surface area contributed by atoms with Crippen LogP contribution in [0.1, 0.15) is 0 Å². The Bertz CT molecular complexity index is 801. The van der Waals surface area contributed by atoms with Crippen LogP contribution in [-0.2, 0) is 17.1 Å². The smallest absolute Gasteiger partial charge is 0.281 e. The lowest BCUT2D eigenvalue weighted by atomic mass is 10.1. The Morgan fingerprint density at radius 1 is 1.40 bits per heavy atom. The molecule has 9 nitrogen and oxygen atoms in total. The number of nitrogens with zero attached hydrogens (tertiary/aromatic N) is 4. The fraction of sp³-hybridized carbons (Fsp3) is 0.111. The standard InChI is InChI=1S/C9H8ClN5O4S/c1-14-8(12-13-9(14)20(11,18)19)7-5(10)3-2-4-6(7)15(16)17/h2-4H,1H3,(H2,11,18,19). The molecule has 0 saturated carbocycles. The van der Waals surface area contributed by atoms with Crippen LogP contribution in [0.2, 0.25) is 5.02 Å². The Hall–Kier alpha value is -2.04. The van der Waals surface area contributed by atoms with E-state index >= 15 is 0 Å². The van der Waals surface area contributed by atoms with Crippen molar-refractivity contribution in [1.29, 1.82) is 0 Å². The second-order valence-corrected chi connectivity index (χ2v) is 5.66. The number of nitro groups is 1. The molecule has 0 aliphatic carbocycles. The summed E-state index contributed by atoms with van der Waals surface area (Å²) < 4.78 is 23.6. The Kier molecular flexibility index (Phi) is 3.46. The zero-order valence-corrected chi connectivity index (χ0v) is 11.6. The largest absolute Gasteiger partial charge is 0.300 e. The van der Waals surface area contributed by atoms with E-state index in [1.54, 1.807) is 0 Å². The highest BCUT2D eigenvalue weighted by Crippen LogP contribution is 2.35. The molecule has 0 unspecified atom stereocenters. The fourth-order valence-corrected chi connectivity index (χ4v) is 2.54. The minimum Gasteiger partial charge on any atom is -0.300 e. The van der Waals surface area contributed by atoms with E-state index in [9.17, 15) is 18.5 Å². The number of hydrogen-bond donors (Lipinski definition) is 1. The lowest BCUT2D eigenvalue weighted by Gasteiger charge is -2.05. The summed E-state index contributed by atoms with van der Waals surface area (Å²) in [6.45, 7) is 0. The molecule has 1 aromatic heterocycles. The molecule has 0 amide bonds. The van der Waals surface area contributed by atoms with Crippen molar-refractivity contribution >= 4 is 27.3 Å². The van der Waals surface area contributed by atoms with Gasteiger partial charge in [0.15, 0.2) is 5.82 Å². The van der Waals surface area contributed by atoms with E-state index in [0.717, 1.165) is 4.57 Å². The maximum atomic E-state index is 11.3. The zero-order valence-electron chi connectivity index (χ0n) is 10.0. The van der Waals surface area contributed by atoms with Gasteiger partial charge in [0.2, 0.25) is 0 Å². The summed E-state index contributed by atoms with van der Waals surface area (Å²) >= 11 is 5.94. The minimum absolute atomic E-state index is 0.0240. The molecule has 2 N–H and O–H groups in total. The van der Waals surface area contributed by atoms with Gasteiger partial charge in [-0.2, -0.15) is 0 Å². The molecule has 2 aromatic rings. The van der Waals surface area contributed by atoms with Crippen LogP contribution in [0, 0.1) is 10.1 Å². The molecule has 0 fully saturated rings. The number of nitrogens with two attached hydrogens (primary N) is 1. The van der Waals surface area contributed by atoms with Crippen molar-refractivity contribution in [3.05, 3.63) is 33.3 Å². The van der Waals surface area contributed by atoms with E-state index in [4.69, 9.17) is 16.7 Å². The summed E-state index contributed by atoms with van der Waals surface area (Å²) in [6.07, 6.45) is 0. The average molecular weight is 318 g/mol. The molecular weight excluding hydrogens is 310 g/mol. The number of hydrogen-bond acceptors (Lipinski definition) is 6. The first-order chi connectivity index (χ1) is 9.23. The number of sulfonamides is 1. The van der Waals surface area contributed by atoms with Crippen LogP contribution < -0.4 is 5.14 Å². The second-order valence-electron chi connectivity index (χ2n) is 3.80. The van der Waals surface area contributed by atoms with E-state index < -0.39 is 20.1 Å². The van der Waals surface area contributed by atoms with Gasteiger partial charge < -0.3 is 0 Å². The first-order valence-electron chi connectivity index (χ1n) is 5.09.